The summed E-state index contributed by atoms with van der Waals surface area (Å²) in [6.45, 7) is 5.36. The molecule has 20 heavy (non-hydrogen) atoms. The smallest absolute Gasteiger partial charge is 0.267 e. The molecule has 0 aliphatic carbocycles. The van der Waals surface area contributed by atoms with Crippen molar-refractivity contribution in [1.82, 2.24) is 15.2 Å². The fourth-order valence-corrected chi connectivity index (χ4v) is 2.91. The molecular formula is C12H19N5O2S. The largest absolute Gasteiger partial charge is 0.382 e. The van der Waals surface area contributed by atoms with Crippen molar-refractivity contribution in [2.24, 2.45) is 0 Å². The van der Waals surface area contributed by atoms with Gasteiger partial charge in [0, 0.05) is 32.1 Å². The van der Waals surface area contributed by atoms with Crippen LogP contribution in [0.4, 0.5) is 10.9 Å². The van der Waals surface area contributed by atoms with Gasteiger partial charge in [0.05, 0.1) is 0 Å². The normalized spacial score (nSPS) is 15.9. The van der Waals surface area contributed by atoms with Crippen LogP contribution >= 0.6 is 11.3 Å². The highest BCUT2D eigenvalue weighted by Crippen LogP contribution is 2.27. The molecule has 0 radical (unpaired) electrons. The van der Waals surface area contributed by atoms with E-state index in [4.69, 9.17) is 5.73 Å². The molecule has 0 saturated carbocycles. The molecule has 4 N–H and O–H groups in total. The SMILES string of the molecule is CC(C)Nc1nc(N)c(C(=O)N2CCNC(=O)CC2)s1. The lowest BCUT2D eigenvalue weighted by molar-refractivity contribution is -0.120. The second-order valence-electron chi connectivity index (χ2n) is 4.92. The van der Waals surface area contributed by atoms with Gasteiger partial charge in [0.25, 0.3) is 5.91 Å². The number of thiazole rings is 1. The van der Waals surface area contributed by atoms with Gasteiger partial charge in [-0.15, -0.1) is 0 Å². The van der Waals surface area contributed by atoms with E-state index in [0.717, 1.165) is 0 Å². The minimum atomic E-state index is -0.159. The fourth-order valence-electron chi connectivity index (χ4n) is 1.91. The van der Waals surface area contributed by atoms with Gasteiger partial charge in [0.15, 0.2) is 5.13 Å². The van der Waals surface area contributed by atoms with Gasteiger partial charge in [-0.05, 0) is 13.8 Å². The van der Waals surface area contributed by atoms with Crippen molar-refractivity contribution >= 4 is 34.1 Å². The van der Waals surface area contributed by atoms with Crippen LogP contribution in [0.1, 0.15) is 29.9 Å². The third-order valence-corrected chi connectivity index (χ3v) is 3.85. The molecule has 7 nitrogen and oxygen atoms in total. The standard InChI is InChI=1S/C12H19N5O2S/c1-7(2)15-12-16-10(13)9(20-12)11(19)17-5-3-8(18)14-4-6-17/h7H,3-6,13H2,1-2H3,(H,14,18)(H,15,16). The van der Waals surface area contributed by atoms with Gasteiger partial charge in [-0.2, -0.15) is 0 Å². The van der Waals surface area contributed by atoms with Crippen molar-refractivity contribution in [3.05, 3.63) is 4.88 Å². The van der Waals surface area contributed by atoms with Crippen LogP contribution in [0, 0.1) is 0 Å². The zero-order valence-electron chi connectivity index (χ0n) is 11.6. The van der Waals surface area contributed by atoms with Gasteiger partial charge in [-0.1, -0.05) is 11.3 Å². The zero-order chi connectivity index (χ0) is 14.7. The van der Waals surface area contributed by atoms with Crippen LogP contribution in [0.2, 0.25) is 0 Å². The Bertz CT molecular complexity index is 514. The highest BCUT2D eigenvalue weighted by atomic mass is 32.1. The third kappa shape index (κ3) is 3.38. The summed E-state index contributed by atoms with van der Waals surface area (Å²) in [5.74, 6) is 0.0553. The number of hydrogen-bond acceptors (Lipinski definition) is 6. The average molecular weight is 297 g/mol. The lowest BCUT2D eigenvalue weighted by Gasteiger charge is -2.18. The summed E-state index contributed by atoms with van der Waals surface area (Å²) in [7, 11) is 0. The monoisotopic (exact) mass is 297 g/mol. The van der Waals surface area contributed by atoms with Crippen molar-refractivity contribution in [1.29, 1.82) is 0 Å². The summed E-state index contributed by atoms with van der Waals surface area (Å²) in [5.41, 5.74) is 5.82. The molecule has 110 valence electrons. The molecule has 8 heteroatoms. The quantitative estimate of drug-likeness (QED) is 0.754. The van der Waals surface area contributed by atoms with E-state index in [0.29, 0.717) is 36.1 Å². The summed E-state index contributed by atoms with van der Waals surface area (Å²) in [5, 5.41) is 6.51. The summed E-state index contributed by atoms with van der Waals surface area (Å²) in [4.78, 5) is 29.9. The first-order valence-corrected chi connectivity index (χ1v) is 7.38. The topological polar surface area (TPSA) is 100 Å². The molecule has 1 aromatic heterocycles. The summed E-state index contributed by atoms with van der Waals surface area (Å²) in [6.07, 6.45) is 0.321. The van der Waals surface area contributed by atoms with Crippen LogP contribution in [0.3, 0.4) is 0 Å². The molecule has 1 aromatic rings. The highest BCUT2D eigenvalue weighted by molar-refractivity contribution is 7.18. The summed E-state index contributed by atoms with van der Waals surface area (Å²) < 4.78 is 0. The van der Waals surface area contributed by atoms with Gasteiger partial charge in [0.1, 0.15) is 10.7 Å². The number of carbonyl (C=O) groups excluding carboxylic acids is 2. The van der Waals surface area contributed by atoms with Gasteiger partial charge in [-0.3, -0.25) is 9.59 Å². The number of nitrogens with zero attached hydrogens (tertiary/aromatic N) is 2. The molecule has 2 rings (SSSR count). The number of carbonyl (C=O) groups is 2. The van der Waals surface area contributed by atoms with Crippen LogP contribution in [-0.4, -0.2) is 47.4 Å². The molecule has 0 bridgehead atoms. The lowest BCUT2D eigenvalue weighted by atomic mass is 10.3. The number of aromatic nitrogens is 1. The fraction of sp³-hybridized carbons (Fsp3) is 0.583. The van der Waals surface area contributed by atoms with Crippen LogP contribution in [0.15, 0.2) is 0 Å². The lowest BCUT2D eigenvalue weighted by Crippen LogP contribution is -2.34. The minimum Gasteiger partial charge on any atom is -0.382 e. The van der Waals surface area contributed by atoms with E-state index in [1.165, 1.54) is 11.3 Å². The number of nitrogen functional groups attached to an aromatic ring is 1. The Hall–Kier alpha value is -1.83. The molecule has 1 saturated heterocycles. The molecule has 1 aliphatic rings. The van der Waals surface area contributed by atoms with Gasteiger partial charge < -0.3 is 21.3 Å². The molecule has 2 amide bonds. The molecule has 0 atom stereocenters. The van der Waals surface area contributed by atoms with E-state index in [1.54, 1.807) is 4.90 Å². The minimum absolute atomic E-state index is 0.0280. The van der Waals surface area contributed by atoms with E-state index in [9.17, 15) is 9.59 Å². The van der Waals surface area contributed by atoms with Crippen LogP contribution in [0.5, 0.6) is 0 Å². The van der Waals surface area contributed by atoms with Crippen molar-refractivity contribution in [3.8, 4) is 0 Å². The molecule has 0 unspecified atom stereocenters. The number of hydrogen-bond donors (Lipinski definition) is 3. The van der Waals surface area contributed by atoms with Gasteiger partial charge in [-0.25, -0.2) is 4.98 Å². The van der Waals surface area contributed by atoms with Gasteiger partial charge >= 0.3 is 0 Å². The Morgan fingerprint density at radius 3 is 2.95 bits per heavy atom. The number of nitrogens with two attached hydrogens (primary N) is 1. The Morgan fingerprint density at radius 1 is 1.50 bits per heavy atom. The Balaban J connectivity index is 2.12. The van der Waals surface area contributed by atoms with Crippen LogP contribution < -0.4 is 16.4 Å². The average Bonchev–Trinajstić information content (AvgIpc) is 2.58. The van der Waals surface area contributed by atoms with E-state index in [1.807, 2.05) is 13.8 Å². The van der Waals surface area contributed by atoms with Crippen molar-refractivity contribution in [2.75, 3.05) is 30.7 Å². The first kappa shape index (κ1) is 14.6. The molecular weight excluding hydrogens is 278 g/mol. The molecule has 1 fully saturated rings. The Labute approximate surface area is 121 Å². The first-order valence-electron chi connectivity index (χ1n) is 6.56. The molecule has 0 spiro atoms. The maximum absolute atomic E-state index is 12.4. The predicted octanol–water partition coefficient (Wildman–Crippen LogP) is 0.508. The number of amides is 2. The zero-order valence-corrected chi connectivity index (χ0v) is 12.4. The van der Waals surface area contributed by atoms with E-state index >= 15 is 0 Å². The van der Waals surface area contributed by atoms with E-state index in [-0.39, 0.29) is 23.7 Å². The summed E-state index contributed by atoms with van der Waals surface area (Å²) in [6, 6.07) is 0.225. The summed E-state index contributed by atoms with van der Waals surface area (Å²) >= 11 is 1.25. The molecule has 2 heterocycles. The maximum Gasteiger partial charge on any atom is 0.267 e. The van der Waals surface area contributed by atoms with E-state index in [2.05, 4.69) is 15.6 Å². The molecule has 1 aliphatic heterocycles. The number of anilines is 2. The van der Waals surface area contributed by atoms with Crippen molar-refractivity contribution in [3.63, 3.8) is 0 Å². The third-order valence-electron chi connectivity index (χ3n) is 2.86. The number of rotatable bonds is 3. The van der Waals surface area contributed by atoms with Crippen molar-refractivity contribution in [2.45, 2.75) is 26.3 Å². The predicted molar refractivity (Wildman–Crippen MR) is 78.8 cm³/mol. The molecule has 0 aromatic carbocycles. The maximum atomic E-state index is 12.4. The first-order chi connectivity index (χ1) is 9.47. The second kappa shape index (κ2) is 6.08. The second-order valence-corrected chi connectivity index (χ2v) is 5.92. The number of nitrogens with one attached hydrogen (secondary N) is 2. The van der Waals surface area contributed by atoms with E-state index < -0.39 is 0 Å². The van der Waals surface area contributed by atoms with Gasteiger partial charge in [0.2, 0.25) is 5.91 Å². The highest BCUT2D eigenvalue weighted by Gasteiger charge is 2.24. The Morgan fingerprint density at radius 2 is 2.25 bits per heavy atom. The van der Waals surface area contributed by atoms with Crippen LogP contribution in [0.25, 0.3) is 0 Å². The van der Waals surface area contributed by atoms with Crippen molar-refractivity contribution < 1.29 is 9.59 Å². The Kier molecular flexibility index (Phi) is 4.43. The van der Waals surface area contributed by atoms with Crippen LogP contribution in [-0.2, 0) is 4.79 Å².